The minimum absolute atomic E-state index is 0.0353. The highest BCUT2D eigenvalue weighted by atomic mass is 19.1. The van der Waals surface area contributed by atoms with Gasteiger partial charge in [0.2, 0.25) is 5.91 Å². The quantitative estimate of drug-likeness (QED) is 0.897. The number of nitrogens with one attached hydrogen (secondary N) is 1. The molecule has 3 rings (SSSR count). The number of halogens is 1. The summed E-state index contributed by atoms with van der Waals surface area (Å²) in [5, 5.41) is 3.01. The van der Waals surface area contributed by atoms with E-state index in [1.807, 2.05) is 0 Å². The van der Waals surface area contributed by atoms with E-state index in [0.29, 0.717) is 12.5 Å². The lowest BCUT2D eigenvalue weighted by molar-refractivity contribution is -0.124. The molecule has 2 unspecified atom stereocenters. The Morgan fingerprint density at radius 2 is 1.82 bits per heavy atom. The van der Waals surface area contributed by atoms with Crippen LogP contribution in [0.15, 0.2) is 42.5 Å². The van der Waals surface area contributed by atoms with Gasteiger partial charge in [0.15, 0.2) is 0 Å². The van der Waals surface area contributed by atoms with Gasteiger partial charge in [-0.2, -0.15) is 0 Å². The molecule has 0 bridgehead atoms. The van der Waals surface area contributed by atoms with Crippen molar-refractivity contribution in [3.05, 3.63) is 70.5 Å². The van der Waals surface area contributed by atoms with E-state index in [-0.39, 0.29) is 17.6 Å². The molecule has 2 atom stereocenters. The van der Waals surface area contributed by atoms with E-state index in [2.05, 4.69) is 37.4 Å². The fourth-order valence-corrected chi connectivity index (χ4v) is 3.24. The van der Waals surface area contributed by atoms with Crippen LogP contribution in [0.4, 0.5) is 4.39 Å². The molecule has 22 heavy (non-hydrogen) atoms. The van der Waals surface area contributed by atoms with E-state index >= 15 is 0 Å². The molecular weight excluding hydrogens is 277 g/mol. The molecule has 2 aromatic carbocycles. The van der Waals surface area contributed by atoms with Crippen LogP contribution in [0.1, 0.15) is 40.5 Å². The van der Waals surface area contributed by atoms with Gasteiger partial charge in [-0.05, 0) is 49.1 Å². The number of carbonyl (C=O) groups is 1. The van der Waals surface area contributed by atoms with Crippen LogP contribution in [0.3, 0.4) is 0 Å². The molecule has 0 aromatic heterocycles. The van der Waals surface area contributed by atoms with E-state index in [9.17, 15) is 9.18 Å². The van der Waals surface area contributed by atoms with Crippen LogP contribution in [0.2, 0.25) is 0 Å². The highest BCUT2D eigenvalue weighted by Crippen LogP contribution is 2.34. The Labute approximate surface area is 130 Å². The van der Waals surface area contributed by atoms with Gasteiger partial charge in [0, 0.05) is 12.5 Å². The summed E-state index contributed by atoms with van der Waals surface area (Å²) < 4.78 is 13.1. The average Bonchev–Trinajstić information content (AvgIpc) is 2.51. The third kappa shape index (κ3) is 2.89. The van der Waals surface area contributed by atoms with Crippen LogP contribution in [0.25, 0.3) is 0 Å². The van der Waals surface area contributed by atoms with Gasteiger partial charge in [-0.25, -0.2) is 4.39 Å². The summed E-state index contributed by atoms with van der Waals surface area (Å²) in [6, 6.07) is 12.7. The summed E-state index contributed by atoms with van der Waals surface area (Å²) in [5.41, 5.74) is 4.67. The fourth-order valence-electron chi connectivity index (χ4n) is 3.24. The van der Waals surface area contributed by atoms with Crippen LogP contribution in [0.5, 0.6) is 0 Å². The average molecular weight is 297 g/mol. The molecule has 3 heteroatoms. The number of hydrogen-bond acceptors (Lipinski definition) is 1. The number of aryl methyl sites for hydroxylation is 2. The summed E-state index contributed by atoms with van der Waals surface area (Å²) in [7, 11) is 0. The third-order valence-electron chi connectivity index (χ3n) is 4.51. The van der Waals surface area contributed by atoms with Gasteiger partial charge in [0.05, 0.1) is 5.92 Å². The van der Waals surface area contributed by atoms with E-state index in [1.54, 1.807) is 12.1 Å². The van der Waals surface area contributed by atoms with Crippen molar-refractivity contribution in [1.82, 2.24) is 5.32 Å². The van der Waals surface area contributed by atoms with E-state index in [4.69, 9.17) is 0 Å². The molecular formula is C19H20FNO. The first-order valence-electron chi connectivity index (χ1n) is 7.65. The summed E-state index contributed by atoms with van der Waals surface area (Å²) in [6.45, 7) is 4.86. The first-order valence-corrected chi connectivity index (χ1v) is 7.65. The normalized spacial score (nSPS) is 21.5. The van der Waals surface area contributed by atoms with Crippen molar-refractivity contribution in [2.24, 2.45) is 0 Å². The lowest BCUT2D eigenvalue weighted by atomic mass is 9.80. The van der Waals surface area contributed by atoms with Crippen LogP contribution in [-0.4, -0.2) is 12.5 Å². The standard InChI is InChI=1S/C19H20FNO/c1-12-3-4-13(2)17(9-12)15-10-18(19(22)21-11-15)14-5-7-16(20)8-6-14/h3-9,15,18H,10-11H2,1-2H3,(H,21,22). The SMILES string of the molecule is Cc1ccc(C)c(C2CNC(=O)C(c3ccc(F)cc3)C2)c1. The molecule has 1 heterocycles. The van der Waals surface area contributed by atoms with Gasteiger partial charge in [0.25, 0.3) is 0 Å². The molecule has 1 N–H and O–H groups in total. The zero-order valence-electron chi connectivity index (χ0n) is 12.9. The zero-order valence-corrected chi connectivity index (χ0v) is 12.9. The molecule has 2 aromatic rings. The molecule has 114 valence electrons. The monoisotopic (exact) mass is 297 g/mol. The predicted molar refractivity (Wildman–Crippen MR) is 85.4 cm³/mol. The molecule has 0 aliphatic carbocycles. The first kappa shape index (κ1) is 14.8. The van der Waals surface area contributed by atoms with Crippen molar-refractivity contribution in [3.63, 3.8) is 0 Å². The minimum atomic E-state index is -0.272. The van der Waals surface area contributed by atoms with Crippen LogP contribution < -0.4 is 5.32 Å². The van der Waals surface area contributed by atoms with Crippen LogP contribution in [-0.2, 0) is 4.79 Å². The van der Waals surface area contributed by atoms with E-state index < -0.39 is 0 Å². The van der Waals surface area contributed by atoms with Gasteiger partial charge in [-0.15, -0.1) is 0 Å². The number of carbonyl (C=O) groups excluding carboxylic acids is 1. The Hall–Kier alpha value is -2.16. The summed E-state index contributed by atoms with van der Waals surface area (Å²) in [6.07, 6.45) is 0.766. The van der Waals surface area contributed by atoms with Crippen molar-refractivity contribution in [3.8, 4) is 0 Å². The predicted octanol–water partition coefficient (Wildman–Crippen LogP) is 3.83. The maximum atomic E-state index is 13.1. The van der Waals surface area contributed by atoms with E-state index in [1.165, 1.54) is 28.8 Å². The van der Waals surface area contributed by atoms with Crippen molar-refractivity contribution >= 4 is 5.91 Å². The lowest BCUT2D eigenvalue weighted by Crippen LogP contribution is -2.39. The van der Waals surface area contributed by atoms with Gasteiger partial charge in [0.1, 0.15) is 5.82 Å². The number of piperidine rings is 1. The Balaban J connectivity index is 1.88. The molecule has 0 radical (unpaired) electrons. The second-order valence-electron chi connectivity index (χ2n) is 6.14. The molecule has 1 aliphatic heterocycles. The van der Waals surface area contributed by atoms with Gasteiger partial charge in [-0.1, -0.05) is 35.9 Å². The zero-order chi connectivity index (χ0) is 15.7. The Morgan fingerprint density at radius 1 is 1.09 bits per heavy atom. The highest BCUT2D eigenvalue weighted by molar-refractivity contribution is 5.84. The number of hydrogen-bond donors (Lipinski definition) is 1. The lowest BCUT2D eigenvalue weighted by Gasteiger charge is -2.30. The third-order valence-corrected chi connectivity index (χ3v) is 4.51. The summed E-state index contributed by atoms with van der Waals surface area (Å²) in [4.78, 5) is 12.2. The maximum absolute atomic E-state index is 13.1. The van der Waals surface area contributed by atoms with Gasteiger partial charge >= 0.3 is 0 Å². The molecule has 0 saturated carbocycles. The Kier molecular flexibility index (Phi) is 3.97. The molecule has 1 amide bonds. The first-order chi connectivity index (χ1) is 10.5. The second-order valence-corrected chi connectivity index (χ2v) is 6.14. The van der Waals surface area contributed by atoms with Crippen molar-refractivity contribution in [2.75, 3.05) is 6.54 Å². The smallest absolute Gasteiger partial charge is 0.227 e. The van der Waals surface area contributed by atoms with Crippen molar-refractivity contribution in [2.45, 2.75) is 32.1 Å². The topological polar surface area (TPSA) is 29.1 Å². The van der Waals surface area contributed by atoms with Crippen molar-refractivity contribution in [1.29, 1.82) is 0 Å². The molecule has 2 nitrogen and oxygen atoms in total. The molecule has 1 fully saturated rings. The van der Waals surface area contributed by atoms with E-state index in [0.717, 1.165) is 12.0 Å². The van der Waals surface area contributed by atoms with Crippen LogP contribution >= 0.6 is 0 Å². The molecule has 1 aliphatic rings. The Bertz CT molecular complexity index is 693. The van der Waals surface area contributed by atoms with Gasteiger partial charge < -0.3 is 5.32 Å². The fraction of sp³-hybridized carbons (Fsp3) is 0.316. The maximum Gasteiger partial charge on any atom is 0.227 e. The van der Waals surface area contributed by atoms with Crippen molar-refractivity contribution < 1.29 is 9.18 Å². The number of amides is 1. The summed E-state index contributed by atoms with van der Waals surface area (Å²) >= 11 is 0. The van der Waals surface area contributed by atoms with Crippen LogP contribution in [0, 0.1) is 19.7 Å². The largest absolute Gasteiger partial charge is 0.355 e. The van der Waals surface area contributed by atoms with Gasteiger partial charge in [-0.3, -0.25) is 4.79 Å². The summed E-state index contributed by atoms with van der Waals surface area (Å²) in [5.74, 6) is -0.147. The highest BCUT2D eigenvalue weighted by Gasteiger charge is 2.31. The minimum Gasteiger partial charge on any atom is -0.355 e. The second kappa shape index (κ2) is 5.91. The number of benzene rings is 2. The molecule has 0 spiro atoms. The Morgan fingerprint density at radius 3 is 2.55 bits per heavy atom. The molecule has 1 saturated heterocycles. The number of rotatable bonds is 2.